The number of rotatable bonds is 8. The standard InChI is InChI=1S/C33H39F7O3/c1-21-2-4-24(5-3-21)26-12-19-30(41-20-26)25-8-15-27(16-9-25)31(34,35)42-29-17-10-23(11-18-29)22-6-13-28(14-7-22)32(36,37)43-33(38,39)40/h8-11,15-18,21-22,24,26,28,30H,2-7,12-14,19-20H2,1H3. The highest BCUT2D eigenvalue weighted by molar-refractivity contribution is 5.32. The Morgan fingerprint density at radius 1 is 0.651 bits per heavy atom. The van der Waals surface area contributed by atoms with Gasteiger partial charge in [0.2, 0.25) is 0 Å². The van der Waals surface area contributed by atoms with Crippen LogP contribution >= 0.6 is 0 Å². The quantitative estimate of drug-likeness (QED) is 0.276. The van der Waals surface area contributed by atoms with E-state index in [-0.39, 0.29) is 49.0 Å². The molecule has 1 aliphatic heterocycles. The Balaban J connectivity index is 1.11. The van der Waals surface area contributed by atoms with E-state index in [0.717, 1.165) is 35.8 Å². The summed E-state index contributed by atoms with van der Waals surface area (Å²) in [6.07, 6.45) is -6.17. The van der Waals surface area contributed by atoms with Crippen molar-refractivity contribution in [1.82, 2.24) is 0 Å². The zero-order chi connectivity index (χ0) is 30.8. The Hall–Kier alpha value is -2.33. The largest absolute Gasteiger partial charge is 0.527 e. The summed E-state index contributed by atoms with van der Waals surface area (Å²) in [5.41, 5.74) is 1.31. The van der Waals surface area contributed by atoms with E-state index >= 15 is 8.78 Å². The molecule has 2 aliphatic carbocycles. The van der Waals surface area contributed by atoms with Crippen molar-refractivity contribution in [2.75, 3.05) is 6.61 Å². The van der Waals surface area contributed by atoms with Crippen LogP contribution in [0.2, 0.25) is 0 Å². The fourth-order valence-corrected chi connectivity index (χ4v) is 7.07. The van der Waals surface area contributed by atoms with Crippen LogP contribution in [0.5, 0.6) is 5.75 Å². The van der Waals surface area contributed by atoms with Crippen molar-refractivity contribution in [2.45, 2.75) is 102 Å². The first-order valence-corrected chi connectivity index (χ1v) is 15.3. The fraction of sp³-hybridized carbons (Fsp3) is 0.636. The summed E-state index contributed by atoms with van der Waals surface area (Å²) in [4.78, 5) is 0. The number of hydrogen-bond acceptors (Lipinski definition) is 3. The summed E-state index contributed by atoms with van der Waals surface area (Å²) in [5, 5.41) is 0. The van der Waals surface area contributed by atoms with Crippen LogP contribution in [0.25, 0.3) is 0 Å². The summed E-state index contributed by atoms with van der Waals surface area (Å²) in [7, 11) is 0. The van der Waals surface area contributed by atoms with Gasteiger partial charge in [-0.3, -0.25) is 0 Å². The third kappa shape index (κ3) is 8.24. The minimum absolute atomic E-state index is 0.0598. The lowest BCUT2D eigenvalue weighted by Crippen LogP contribution is -2.38. The number of hydrogen-bond donors (Lipinski definition) is 0. The van der Waals surface area contributed by atoms with Gasteiger partial charge in [0.15, 0.2) is 0 Å². The van der Waals surface area contributed by atoms with Crippen molar-refractivity contribution in [3.05, 3.63) is 65.2 Å². The molecule has 3 aliphatic rings. The van der Waals surface area contributed by atoms with Crippen molar-refractivity contribution in [3.8, 4) is 5.75 Å². The molecule has 0 amide bonds. The molecule has 0 aromatic heterocycles. The molecule has 1 heterocycles. The smallest absolute Gasteiger partial charge is 0.429 e. The molecule has 1 saturated heterocycles. The third-order valence-corrected chi connectivity index (χ3v) is 9.71. The Labute approximate surface area is 248 Å². The number of halogens is 7. The van der Waals surface area contributed by atoms with Crippen molar-refractivity contribution >= 4 is 0 Å². The van der Waals surface area contributed by atoms with Gasteiger partial charge in [-0.25, -0.2) is 4.74 Å². The van der Waals surface area contributed by atoms with Crippen LogP contribution < -0.4 is 4.74 Å². The molecule has 0 bridgehead atoms. The first-order valence-electron chi connectivity index (χ1n) is 15.3. The summed E-state index contributed by atoms with van der Waals surface area (Å²) in [6.45, 7) is 3.02. The molecule has 0 radical (unpaired) electrons. The van der Waals surface area contributed by atoms with E-state index in [1.807, 2.05) is 0 Å². The van der Waals surface area contributed by atoms with Crippen LogP contribution in [0, 0.1) is 23.7 Å². The molecule has 0 spiro atoms. The zero-order valence-corrected chi connectivity index (χ0v) is 24.2. The van der Waals surface area contributed by atoms with E-state index in [1.54, 1.807) is 24.3 Å². The highest BCUT2D eigenvalue weighted by atomic mass is 19.4. The average molecular weight is 617 g/mol. The van der Waals surface area contributed by atoms with Gasteiger partial charge in [0.1, 0.15) is 5.75 Å². The summed E-state index contributed by atoms with van der Waals surface area (Å²) in [6, 6.07) is 12.0. The molecular formula is C33H39F7O3. The van der Waals surface area contributed by atoms with Crippen molar-refractivity contribution in [3.63, 3.8) is 0 Å². The summed E-state index contributed by atoms with van der Waals surface area (Å²) >= 11 is 0. The molecule has 3 fully saturated rings. The van der Waals surface area contributed by atoms with Gasteiger partial charge >= 0.3 is 18.6 Å². The first-order chi connectivity index (χ1) is 20.3. The third-order valence-electron chi connectivity index (χ3n) is 9.71. The van der Waals surface area contributed by atoms with E-state index in [0.29, 0.717) is 12.5 Å². The first kappa shape index (κ1) is 32.1. The van der Waals surface area contributed by atoms with Crippen LogP contribution in [0.15, 0.2) is 48.5 Å². The van der Waals surface area contributed by atoms with Gasteiger partial charge in [-0.2, -0.15) is 17.6 Å². The molecule has 10 heteroatoms. The second-order valence-electron chi connectivity index (χ2n) is 12.6. The van der Waals surface area contributed by atoms with E-state index in [4.69, 9.17) is 9.47 Å². The second-order valence-corrected chi connectivity index (χ2v) is 12.6. The molecule has 2 aromatic rings. The SMILES string of the molecule is CC1CCC(C2CCC(c3ccc(C(F)(F)Oc4ccc(C5CCC(C(F)(F)OC(F)(F)F)CC5)cc4)cc3)OC2)CC1. The molecule has 2 saturated carbocycles. The van der Waals surface area contributed by atoms with E-state index < -0.39 is 24.5 Å². The molecule has 43 heavy (non-hydrogen) atoms. The van der Waals surface area contributed by atoms with Crippen molar-refractivity contribution in [1.29, 1.82) is 0 Å². The highest BCUT2D eigenvalue weighted by Gasteiger charge is 2.51. The number of ether oxygens (including phenoxy) is 3. The molecule has 2 unspecified atom stereocenters. The predicted molar refractivity (Wildman–Crippen MR) is 147 cm³/mol. The van der Waals surface area contributed by atoms with E-state index in [2.05, 4.69) is 11.7 Å². The van der Waals surface area contributed by atoms with Gasteiger partial charge in [0.05, 0.1) is 24.2 Å². The van der Waals surface area contributed by atoms with Gasteiger partial charge in [-0.15, -0.1) is 13.2 Å². The molecule has 3 nitrogen and oxygen atoms in total. The highest BCUT2D eigenvalue weighted by Crippen LogP contribution is 2.45. The zero-order valence-electron chi connectivity index (χ0n) is 24.2. The summed E-state index contributed by atoms with van der Waals surface area (Å²) in [5.74, 6) is 0.331. The number of benzene rings is 2. The van der Waals surface area contributed by atoms with Crippen LogP contribution in [-0.2, 0) is 15.6 Å². The minimum atomic E-state index is -5.42. The second kappa shape index (κ2) is 13.0. The van der Waals surface area contributed by atoms with Crippen LogP contribution in [0.4, 0.5) is 30.7 Å². The fourth-order valence-electron chi connectivity index (χ4n) is 7.07. The Kier molecular flexibility index (Phi) is 9.66. The van der Waals surface area contributed by atoms with Crippen LogP contribution in [0.3, 0.4) is 0 Å². The lowest BCUT2D eigenvalue weighted by atomic mass is 9.74. The van der Waals surface area contributed by atoms with E-state index in [1.165, 1.54) is 49.9 Å². The Morgan fingerprint density at radius 3 is 1.79 bits per heavy atom. The van der Waals surface area contributed by atoms with Crippen molar-refractivity contribution in [2.24, 2.45) is 23.7 Å². The molecule has 238 valence electrons. The average Bonchev–Trinajstić information content (AvgIpc) is 2.97. The Morgan fingerprint density at radius 2 is 1.23 bits per heavy atom. The van der Waals surface area contributed by atoms with Gasteiger partial charge in [-0.1, -0.05) is 44.0 Å². The number of alkyl halides is 7. The molecule has 2 aromatic carbocycles. The monoisotopic (exact) mass is 616 g/mol. The Bertz CT molecular complexity index is 1160. The predicted octanol–water partition coefficient (Wildman–Crippen LogP) is 10.5. The minimum Gasteiger partial charge on any atom is -0.429 e. The maximum atomic E-state index is 15.0. The normalized spacial score (nSPS) is 29.3. The van der Waals surface area contributed by atoms with Gasteiger partial charge in [0.25, 0.3) is 0 Å². The topological polar surface area (TPSA) is 27.7 Å². The van der Waals surface area contributed by atoms with Gasteiger partial charge in [0, 0.05) is 0 Å². The molecular weight excluding hydrogens is 577 g/mol. The van der Waals surface area contributed by atoms with Gasteiger partial charge < -0.3 is 9.47 Å². The molecule has 0 N–H and O–H groups in total. The maximum absolute atomic E-state index is 15.0. The van der Waals surface area contributed by atoms with Gasteiger partial charge in [-0.05, 0) is 110 Å². The van der Waals surface area contributed by atoms with E-state index in [9.17, 15) is 22.0 Å². The van der Waals surface area contributed by atoms with Crippen LogP contribution in [0.1, 0.15) is 99.8 Å². The van der Waals surface area contributed by atoms with Crippen molar-refractivity contribution < 1.29 is 44.9 Å². The molecule has 2 atom stereocenters. The van der Waals surface area contributed by atoms with Crippen LogP contribution in [-0.4, -0.2) is 19.1 Å². The summed E-state index contributed by atoms with van der Waals surface area (Å²) < 4.78 is 109. The molecule has 5 rings (SSSR count). The maximum Gasteiger partial charge on any atom is 0.527 e. The lowest BCUT2D eigenvalue weighted by Gasteiger charge is -2.37. The lowest BCUT2D eigenvalue weighted by molar-refractivity contribution is -0.438.